The van der Waals surface area contributed by atoms with Crippen molar-refractivity contribution in [1.82, 2.24) is 14.5 Å². The largest absolute Gasteiger partial charge is 0.506 e. The molecular formula is C51H42N5O2S2+. The van der Waals surface area contributed by atoms with Gasteiger partial charge in [-0.15, -0.1) is 0 Å². The van der Waals surface area contributed by atoms with Gasteiger partial charge in [0.2, 0.25) is 5.78 Å². The van der Waals surface area contributed by atoms with E-state index in [9.17, 15) is 9.90 Å². The summed E-state index contributed by atoms with van der Waals surface area (Å²) in [6, 6.07) is 37.6. The summed E-state index contributed by atoms with van der Waals surface area (Å²) in [5, 5.41) is 12.9. The average molecular weight is 821 g/mol. The van der Waals surface area contributed by atoms with Crippen LogP contribution < -0.4 is 9.48 Å². The molecule has 6 aromatic rings. The zero-order valence-corrected chi connectivity index (χ0v) is 35.3. The van der Waals surface area contributed by atoms with Crippen LogP contribution in [0.15, 0.2) is 172 Å². The SMILES string of the molecule is Cc1ccc(N(c2ccc(C)cc2)c2ncc(/C=C/c3ccc(C4=C(O)C(=C5C=C/C(=C\C=C6/C=NC(=[N+](c7ccc(C)cc7)c7ccc(C)cc7)S6)C5)C4=O)[nH]3)s2)cc1. The van der Waals surface area contributed by atoms with E-state index in [2.05, 4.69) is 151 Å². The molecule has 9 rings (SSSR count). The number of allylic oxidation sites excluding steroid dienone is 9. The minimum absolute atomic E-state index is 0.0288. The number of aliphatic hydroxyl groups excluding tert-OH is 1. The fraction of sp³-hybridized carbons (Fsp3) is 0.0980. The molecule has 0 unspecified atom stereocenters. The van der Waals surface area contributed by atoms with Crippen LogP contribution in [0.25, 0.3) is 17.7 Å². The Bertz CT molecular complexity index is 2810. The summed E-state index contributed by atoms with van der Waals surface area (Å²) in [6.07, 6.45) is 16.3. The van der Waals surface area contributed by atoms with E-state index in [-0.39, 0.29) is 11.5 Å². The number of nitrogens with zero attached hydrogens (tertiary/aromatic N) is 4. The number of aliphatic imine (C=N–C) groups is 1. The fourth-order valence-corrected chi connectivity index (χ4v) is 8.95. The molecule has 0 saturated carbocycles. The highest BCUT2D eigenvalue weighted by Crippen LogP contribution is 2.42. The van der Waals surface area contributed by atoms with Crippen molar-refractivity contribution in [2.45, 2.75) is 34.1 Å². The summed E-state index contributed by atoms with van der Waals surface area (Å²) in [7, 11) is 0. The third kappa shape index (κ3) is 7.97. The molecular weight excluding hydrogens is 779 g/mol. The highest BCUT2D eigenvalue weighted by molar-refractivity contribution is 8.18. The number of aromatic nitrogens is 2. The molecule has 9 heteroatoms. The van der Waals surface area contributed by atoms with Gasteiger partial charge in [-0.3, -0.25) is 9.69 Å². The summed E-state index contributed by atoms with van der Waals surface area (Å²) < 4.78 is 2.18. The first-order chi connectivity index (χ1) is 29.2. The van der Waals surface area contributed by atoms with Crippen molar-refractivity contribution in [3.05, 3.63) is 206 Å². The summed E-state index contributed by atoms with van der Waals surface area (Å²) >= 11 is 3.21. The third-order valence-corrected chi connectivity index (χ3v) is 12.5. The highest BCUT2D eigenvalue weighted by atomic mass is 32.2. The topological polar surface area (TPSA) is 84.6 Å². The van der Waals surface area contributed by atoms with Crippen molar-refractivity contribution >= 4 is 85.9 Å². The molecule has 0 radical (unpaired) electrons. The molecule has 60 heavy (non-hydrogen) atoms. The van der Waals surface area contributed by atoms with Crippen LogP contribution in [0.5, 0.6) is 0 Å². The van der Waals surface area contributed by atoms with Crippen LogP contribution in [0.3, 0.4) is 0 Å². The number of carbonyl (C=O) groups excluding carboxylic acids is 1. The van der Waals surface area contributed by atoms with E-state index in [4.69, 9.17) is 9.98 Å². The Hall–Kier alpha value is -6.81. The number of Topliss-reactive ketones (excluding diaryl/α,β-unsaturated/α-hetero) is 1. The Morgan fingerprint density at radius 3 is 1.92 bits per heavy atom. The Labute approximate surface area is 358 Å². The number of hydrogen-bond acceptors (Lipinski definition) is 6. The molecule has 0 saturated heterocycles. The molecule has 0 fully saturated rings. The quantitative estimate of drug-likeness (QED) is 0.112. The monoisotopic (exact) mass is 820 g/mol. The van der Waals surface area contributed by atoms with Gasteiger partial charge in [0, 0.05) is 39.9 Å². The van der Waals surface area contributed by atoms with Gasteiger partial charge in [-0.1, -0.05) is 100 Å². The molecule has 2 aromatic heterocycles. The van der Waals surface area contributed by atoms with Crippen LogP contribution in [0.1, 0.15) is 44.9 Å². The lowest BCUT2D eigenvalue weighted by molar-refractivity contribution is -0.111. The lowest BCUT2D eigenvalue weighted by Crippen LogP contribution is -2.22. The van der Waals surface area contributed by atoms with Crippen molar-refractivity contribution in [3.8, 4) is 0 Å². The second kappa shape index (κ2) is 16.4. The number of hydrogen-bond donors (Lipinski definition) is 2. The van der Waals surface area contributed by atoms with Gasteiger partial charge in [0.25, 0.3) is 0 Å². The normalized spacial score (nSPS) is 17.5. The molecule has 7 nitrogen and oxygen atoms in total. The first-order valence-corrected chi connectivity index (χ1v) is 21.4. The number of thiazole rings is 1. The smallest absolute Gasteiger partial charge is 0.369 e. The summed E-state index contributed by atoms with van der Waals surface area (Å²) in [6.45, 7) is 8.34. The number of nitrogens with one attached hydrogen (secondary N) is 1. The number of benzene rings is 4. The van der Waals surface area contributed by atoms with Crippen LogP contribution in [-0.4, -0.2) is 32.2 Å². The second-order valence-corrected chi connectivity index (χ2v) is 17.2. The zero-order valence-electron chi connectivity index (χ0n) is 33.7. The number of carbonyl (C=O) groups is 1. The molecule has 2 aliphatic carbocycles. The Morgan fingerprint density at radius 1 is 0.717 bits per heavy atom. The van der Waals surface area contributed by atoms with E-state index in [0.29, 0.717) is 23.3 Å². The van der Waals surface area contributed by atoms with Gasteiger partial charge in [-0.2, -0.15) is 4.58 Å². The predicted octanol–water partition coefficient (Wildman–Crippen LogP) is 13.0. The van der Waals surface area contributed by atoms with E-state index in [1.165, 1.54) is 22.3 Å². The number of amidine groups is 1. The van der Waals surface area contributed by atoms with Crippen molar-refractivity contribution in [3.63, 3.8) is 0 Å². The molecule has 0 atom stereocenters. The van der Waals surface area contributed by atoms with E-state index in [1.807, 2.05) is 48.8 Å². The van der Waals surface area contributed by atoms with E-state index in [1.54, 1.807) is 23.1 Å². The lowest BCUT2D eigenvalue weighted by Gasteiger charge is -2.22. The molecule has 3 heterocycles. The molecule has 2 N–H and O–H groups in total. The minimum atomic E-state index is -0.159. The number of H-pyrrole nitrogens is 1. The molecule has 294 valence electrons. The molecule has 0 bridgehead atoms. The molecule has 1 aliphatic heterocycles. The van der Waals surface area contributed by atoms with Crippen LogP contribution in [0.2, 0.25) is 0 Å². The third-order valence-electron chi connectivity index (χ3n) is 10.6. The summed E-state index contributed by atoms with van der Waals surface area (Å²) in [5.41, 5.74) is 13.0. The molecule has 0 amide bonds. The maximum atomic E-state index is 13.5. The highest BCUT2D eigenvalue weighted by Gasteiger charge is 2.38. The number of aryl methyl sites for hydroxylation is 4. The van der Waals surface area contributed by atoms with Crippen LogP contribution in [-0.2, 0) is 4.79 Å². The lowest BCUT2D eigenvalue weighted by atomic mass is 9.82. The fourth-order valence-electron chi connectivity index (χ4n) is 7.23. The first kappa shape index (κ1) is 38.7. The van der Waals surface area contributed by atoms with Crippen molar-refractivity contribution in [2.75, 3.05) is 4.90 Å². The predicted molar refractivity (Wildman–Crippen MR) is 252 cm³/mol. The number of aromatic amines is 1. The van der Waals surface area contributed by atoms with Gasteiger partial charge in [-0.05, 0) is 129 Å². The number of ketones is 1. The molecule has 4 aromatic carbocycles. The van der Waals surface area contributed by atoms with E-state index in [0.717, 1.165) is 59.7 Å². The van der Waals surface area contributed by atoms with Gasteiger partial charge < -0.3 is 10.1 Å². The van der Waals surface area contributed by atoms with Crippen molar-refractivity contribution < 1.29 is 9.90 Å². The molecule has 3 aliphatic rings. The van der Waals surface area contributed by atoms with E-state index < -0.39 is 0 Å². The Balaban J connectivity index is 0.883. The maximum absolute atomic E-state index is 13.5. The zero-order chi connectivity index (χ0) is 41.3. The Morgan fingerprint density at radius 2 is 1.32 bits per heavy atom. The van der Waals surface area contributed by atoms with Gasteiger partial charge in [0.05, 0.1) is 21.7 Å². The van der Waals surface area contributed by atoms with Crippen molar-refractivity contribution in [1.29, 1.82) is 0 Å². The Kier molecular flexibility index (Phi) is 10.6. The average Bonchev–Trinajstić information content (AvgIpc) is 4.09. The van der Waals surface area contributed by atoms with E-state index >= 15 is 0 Å². The number of anilines is 3. The standard InChI is InChI=1S/C51H41N5O2S2/c1-32-5-18-39(19-6-32)55(40-20-7-33(2)8-21-40)50-52-30-43(59-50)26-14-36-13-15-37(29-36)46-48(57)47(49(46)58)45-28-17-38(54-45)16-27-44-31-53-51(60-44)56(41-22-9-34(3)10-23-41)42-24-11-35(4)12-25-42/h5-28,30-31H,29H2,1-4H3,(H,57,58)/p+1/b27-16+. The number of rotatable bonds is 9. The van der Waals surface area contributed by atoms with Crippen LogP contribution in [0, 0.1) is 27.7 Å². The van der Waals surface area contributed by atoms with Gasteiger partial charge >= 0.3 is 5.17 Å². The first-order valence-electron chi connectivity index (χ1n) is 19.8. The maximum Gasteiger partial charge on any atom is 0.369 e. The second-order valence-electron chi connectivity index (χ2n) is 15.1. The number of aliphatic hydroxyl groups is 1. The van der Waals surface area contributed by atoms with Crippen LogP contribution in [0.4, 0.5) is 27.9 Å². The van der Waals surface area contributed by atoms with Gasteiger partial charge in [0.1, 0.15) is 17.1 Å². The summed E-state index contributed by atoms with van der Waals surface area (Å²) in [5.74, 6) is -0.130. The minimum Gasteiger partial charge on any atom is -0.506 e. The van der Waals surface area contributed by atoms with Crippen LogP contribution >= 0.6 is 23.1 Å². The molecule has 0 spiro atoms. The number of thioether (sulfide) groups is 1. The van der Waals surface area contributed by atoms with Gasteiger partial charge in [0.15, 0.2) is 11.3 Å². The summed E-state index contributed by atoms with van der Waals surface area (Å²) in [4.78, 5) is 30.6. The van der Waals surface area contributed by atoms with Gasteiger partial charge in [-0.25, -0.2) is 4.98 Å². The van der Waals surface area contributed by atoms with Crippen molar-refractivity contribution in [2.24, 2.45) is 4.99 Å².